The normalized spacial score (nSPS) is 51.5. The molecule has 1 saturated heterocycles. The number of esters is 1. The molecule has 43 heavy (non-hydrogen) atoms. The van der Waals surface area contributed by atoms with E-state index in [2.05, 4.69) is 34.6 Å². The van der Waals surface area contributed by atoms with Crippen LogP contribution >= 0.6 is 0 Å². The van der Waals surface area contributed by atoms with E-state index in [9.17, 15) is 20.1 Å². The molecule has 5 aliphatic carbocycles. The van der Waals surface area contributed by atoms with Crippen LogP contribution in [0, 0.1) is 44.8 Å². The highest BCUT2D eigenvalue weighted by atomic mass is 16.5. The summed E-state index contributed by atoms with van der Waals surface area (Å²) in [6.45, 7) is 15.1. The first-order chi connectivity index (χ1) is 20.0. The van der Waals surface area contributed by atoms with E-state index in [1.54, 1.807) is 12.1 Å². The van der Waals surface area contributed by atoms with Crippen LogP contribution in [0.4, 0.5) is 0 Å². The van der Waals surface area contributed by atoms with Gasteiger partial charge in [0, 0.05) is 11.3 Å². The van der Waals surface area contributed by atoms with Crippen molar-refractivity contribution in [1.29, 1.82) is 0 Å². The Hall–Kier alpha value is -1.47. The van der Waals surface area contributed by atoms with Gasteiger partial charge in [0.2, 0.25) is 0 Å². The highest BCUT2D eigenvalue weighted by molar-refractivity contribution is 5.89. The van der Waals surface area contributed by atoms with Crippen LogP contribution in [0.25, 0.3) is 0 Å². The molecule has 6 heteroatoms. The summed E-state index contributed by atoms with van der Waals surface area (Å²) >= 11 is 0. The Morgan fingerprint density at radius 2 is 1.58 bits per heavy atom. The van der Waals surface area contributed by atoms with E-state index in [-0.39, 0.29) is 57.1 Å². The number of aliphatic hydroxyl groups excluding tert-OH is 2. The van der Waals surface area contributed by atoms with Gasteiger partial charge in [0.25, 0.3) is 0 Å². The smallest absolute Gasteiger partial charge is 0.338 e. The van der Waals surface area contributed by atoms with Crippen molar-refractivity contribution in [3.63, 3.8) is 0 Å². The zero-order valence-corrected chi connectivity index (χ0v) is 27.4. The van der Waals surface area contributed by atoms with Crippen LogP contribution in [0.1, 0.15) is 117 Å². The SMILES string of the molecule is CC(C)(O)[C@@H]1CC[C@](C)([C@H]2[C@@H](O)C[C@@]3(C)C4C[C@H](O)[C@H]5C(C)(C)[C@@H](OC(=O)c6ccccc6)CCC56CC46CC[C@]23C)O1. The maximum Gasteiger partial charge on any atom is 0.338 e. The maximum absolute atomic E-state index is 13.1. The predicted molar refractivity (Wildman–Crippen MR) is 164 cm³/mol. The zero-order valence-electron chi connectivity index (χ0n) is 27.4. The number of hydrogen-bond donors (Lipinski definition) is 3. The fraction of sp³-hybridized carbons (Fsp3) is 0.811. The molecule has 6 fully saturated rings. The molecule has 3 unspecified atom stereocenters. The van der Waals surface area contributed by atoms with Gasteiger partial charge in [-0.15, -0.1) is 0 Å². The number of aliphatic hydroxyl groups is 3. The Morgan fingerprint density at radius 1 is 0.884 bits per heavy atom. The largest absolute Gasteiger partial charge is 0.458 e. The first-order valence-corrected chi connectivity index (χ1v) is 17.0. The molecule has 1 aromatic rings. The van der Waals surface area contributed by atoms with Crippen molar-refractivity contribution in [2.75, 3.05) is 0 Å². The van der Waals surface area contributed by atoms with Crippen LogP contribution in [-0.4, -0.2) is 56.9 Å². The minimum Gasteiger partial charge on any atom is -0.458 e. The lowest BCUT2D eigenvalue weighted by atomic mass is 9.41. The van der Waals surface area contributed by atoms with Crippen LogP contribution < -0.4 is 0 Å². The monoisotopic (exact) mass is 594 g/mol. The molecule has 6 nitrogen and oxygen atoms in total. The summed E-state index contributed by atoms with van der Waals surface area (Å²) in [6, 6.07) is 9.25. The van der Waals surface area contributed by atoms with Gasteiger partial charge in [0.05, 0.1) is 35.1 Å². The Labute approximate surface area is 257 Å². The second kappa shape index (κ2) is 9.08. The number of carbonyl (C=O) groups is 1. The third kappa shape index (κ3) is 3.82. The average Bonchev–Trinajstić information content (AvgIpc) is 3.27. The highest BCUT2D eigenvalue weighted by Crippen LogP contribution is 2.89. The van der Waals surface area contributed by atoms with Crippen molar-refractivity contribution in [3.05, 3.63) is 35.9 Å². The molecule has 1 aromatic carbocycles. The van der Waals surface area contributed by atoms with Crippen molar-refractivity contribution < 1.29 is 29.6 Å². The molecular formula is C37H54O6. The van der Waals surface area contributed by atoms with Crippen LogP contribution in [0.3, 0.4) is 0 Å². The van der Waals surface area contributed by atoms with Gasteiger partial charge in [-0.3, -0.25) is 0 Å². The molecule has 238 valence electrons. The lowest BCUT2D eigenvalue weighted by molar-refractivity contribution is -0.213. The summed E-state index contributed by atoms with van der Waals surface area (Å²) in [6.07, 6.45) is 6.83. The van der Waals surface area contributed by atoms with Gasteiger partial charge in [-0.05, 0) is 124 Å². The van der Waals surface area contributed by atoms with Gasteiger partial charge >= 0.3 is 5.97 Å². The number of ether oxygens (including phenoxy) is 2. The van der Waals surface area contributed by atoms with Crippen molar-refractivity contribution in [3.8, 4) is 0 Å². The van der Waals surface area contributed by atoms with E-state index in [0.717, 1.165) is 57.8 Å². The number of fused-ring (bicyclic) bond motifs is 2. The van der Waals surface area contributed by atoms with Gasteiger partial charge in [-0.2, -0.15) is 0 Å². The molecule has 0 aromatic heterocycles. The van der Waals surface area contributed by atoms with Crippen molar-refractivity contribution in [1.82, 2.24) is 0 Å². The number of carbonyl (C=O) groups excluding carboxylic acids is 1. The first kappa shape index (κ1) is 30.2. The van der Waals surface area contributed by atoms with Gasteiger partial charge in [-0.25, -0.2) is 4.79 Å². The van der Waals surface area contributed by atoms with Crippen molar-refractivity contribution >= 4 is 5.97 Å². The van der Waals surface area contributed by atoms with Gasteiger partial charge in [0.1, 0.15) is 6.10 Å². The molecular weight excluding hydrogens is 540 g/mol. The molecule has 3 N–H and O–H groups in total. The predicted octanol–water partition coefficient (Wildman–Crippen LogP) is 6.30. The summed E-state index contributed by atoms with van der Waals surface area (Å²) in [5.41, 5.74) is -1.18. The van der Waals surface area contributed by atoms with Crippen LogP contribution in [0.15, 0.2) is 30.3 Å². The Bertz CT molecular complexity index is 1290. The topological polar surface area (TPSA) is 96.2 Å². The van der Waals surface area contributed by atoms with E-state index in [1.165, 1.54) is 0 Å². The molecule has 0 amide bonds. The van der Waals surface area contributed by atoms with Crippen molar-refractivity contribution in [2.24, 2.45) is 44.8 Å². The summed E-state index contributed by atoms with van der Waals surface area (Å²) in [5, 5.41) is 34.8. The van der Waals surface area contributed by atoms with E-state index in [4.69, 9.17) is 9.47 Å². The highest BCUT2D eigenvalue weighted by Gasteiger charge is 2.85. The summed E-state index contributed by atoms with van der Waals surface area (Å²) in [4.78, 5) is 13.1. The molecule has 12 atom stereocenters. The van der Waals surface area contributed by atoms with Crippen LogP contribution in [0.2, 0.25) is 0 Å². The second-order valence-corrected chi connectivity index (χ2v) is 17.6. The average molecular weight is 595 g/mol. The molecule has 1 heterocycles. The van der Waals surface area contributed by atoms with E-state index in [0.29, 0.717) is 11.5 Å². The quantitative estimate of drug-likeness (QED) is 0.354. The molecule has 1 aliphatic heterocycles. The standard InChI is InChI=1S/C37H54O6/c1-31(2)26(42-30(40)22-11-9-8-10-12-22)14-16-37-21-36(37)18-17-33(5)29(35(7)15-13-27(43-35)32(3,4)41)24(39)20-34(33,6)25(36)19-23(38)28(31)37/h8-12,23-29,38-39,41H,13-21H2,1-7H3/t23-,24-,25?,26-,27-,28-,29-,33+,34-,35+,36?,37?/m0/s1. The lowest BCUT2D eigenvalue weighted by Gasteiger charge is -2.64. The van der Waals surface area contributed by atoms with E-state index in [1.807, 2.05) is 32.0 Å². The fourth-order valence-corrected chi connectivity index (χ4v) is 13.1. The molecule has 7 rings (SSSR count). The Balaban J connectivity index is 1.17. The summed E-state index contributed by atoms with van der Waals surface area (Å²) < 4.78 is 12.9. The Morgan fingerprint density at radius 3 is 2.23 bits per heavy atom. The van der Waals surface area contributed by atoms with Gasteiger partial charge in [0.15, 0.2) is 0 Å². The molecule has 5 saturated carbocycles. The Kier molecular flexibility index (Phi) is 6.37. The third-order valence-electron chi connectivity index (χ3n) is 15.0. The summed E-state index contributed by atoms with van der Waals surface area (Å²) in [7, 11) is 0. The summed E-state index contributed by atoms with van der Waals surface area (Å²) in [5.74, 6) is 0.129. The number of rotatable bonds is 4. The minimum absolute atomic E-state index is 0.0103. The maximum atomic E-state index is 13.1. The van der Waals surface area contributed by atoms with Gasteiger partial charge < -0.3 is 24.8 Å². The minimum atomic E-state index is -0.911. The first-order valence-electron chi connectivity index (χ1n) is 17.0. The van der Waals surface area contributed by atoms with E-state index < -0.39 is 23.4 Å². The molecule has 6 aliphatic rings. The zero-order chi connectivity index (χ0) is 31.0. The molecule has 0 bridgehead atoms. The van der Waals surface area contributed by atoms with Gasteiger partial charge in [-0.1, -0.05) is 45.9 Å². The van der Waals surface area contributed by atoms with Crippen molar-refractivity contribution in [2.45, 2.75) is 142 Å². The third-order valence-corrected chi connectivity index (χ3v) is 15.0. The fourth-order valence-electron chi connectivity index (χ4n) is 13.1. The number of hydrogen-bond acceptors (Lipinski definition) is 6. The van der Waals surface area contributed by atoms with Crippen LogP contribution in [-0.2, 0) is 9.47 Å². The van der Waals surface area contributed by atoms with Crippen LogP contribution in [0.5, 0.6) is 0 Å². The second-order valence-electron chi connectivity index (χ2n) is 17.6. The molecule has 0 radical (unpaired) electrons. The van der Waals surface area contributed by atoms with E-state index >= 15 is 0 Å². The lowest BCUT2D eigenvalue weighted by Crippen LogP contribution is -2.62. The molecule has 2 spiro atoms. The number of benzene rings is 1.